The van der Waals surface area contributed by atoms with Gasteiger partial charge in [0.1, 0.15) is 5.75 Å². The average molecular weight is 360 g/mol. The molecule has 0 aromatic heterocycles. The maximum Gasteiger partial charge on any atom is 0.244 e. The molecule has 0 spiro atoms. The van der Waals surface area contributed by atoms with E-state index in [4.69, 9.17) is 4.74 Å². The standard InChI is InChI=1S/C18H18BrNO2/c1-2-22-17-10-6-4-8-15(17)13-20-18(21)12-11-14-7-3-5-9-16(14)19/h3-12H,2,13H2,1H3,(H,20,21). The molecule has 2 aromatic rings. The van der Waals surface area contributed by atoms with Gasteiger partial charge in [-0.3, -0.25) is 4.79 Å². The minimum atomic E-state index is -0.137. The maximum absolute atomic E-state index is 11.9. The van der Waals surface area contributed by atoms with Crippen LogP contribution >= 0.6 is 15.9 Å². The van der Waals surface area contributed by atoms with Gasteiger partial charge in [0.15, 0.2) is 0 Å². The molecule has 0 aliphatic rings. The molecule has 2 rings (SSSR count). The summed E-state index contributed by atoms with van der Waals surface area (Å²) < 4.78 is 6.50. The Morgan fingerprint density at radius 2 is 1.91 bits per heavy atom. The average Bonchev–Trinajstić information content (AvgIpc) is 2.53. The fourth-order valence-electron chi connectivity index (χ4n) is 1.96. The van der Waals surface area contributed by atoms with Gasteiger partial charge in [0.2, 0.25) is 5.91 Å². The maximum atomic E-state index is 11.9. The highest BCUT2D eigenvalue weighted by atomic mass is 79.9. The van der Waals surface area contributed by atoms with Gasteiger partial charge in [0.25, 0.3) is 0 Å². The van der Waals surface area contributed by atoms with Gasteiger partial charge in [-0.15, -0.1) is 0 Å². The normalized spacial score (nSPS) is 10.6. The van der Waals surface area contributed by atoms with E-state index in [1.165, 1.54) is 6.08 Å². The van der Waals surface area contributed by atoms with Crippen LogP contribution < -0.4 is 10.1 Å². The molecule has 1 amide bonds. The Hall–Kier alpha value is -2.07. The van der Waals surface area contributed by atoms with Crippen molar-refractivity contribution in [2.24, 2.45) is 0 Å². The van der Waals surface area contributed by atoms with Crippen LogP contribution in [0.2, 0.25) is 0 Å². The van der Waals surface area contributed by atoms with Gasteiger partial charge in [-0.05, 0) is 30.7 Å². The summed E-state index contributed by atoms with van der Waals surface area (Å²) in [5.74, 6) is 0.669. The van der Waals surface area contributed by atoms with Crippen molar-refractivity contribution in [3.63, 3.8) is 0 Å². The highest BCUT2D eigenvalue weighted by Gasteiger charge is 2.03. The summed E-state index contributed by atoms with van der Waals surface area (Å²) in [5, 5.41) is 2.87. The molecule has 22 heavy (non-hydrogen) atoms. The lowest BCUT2D eigenvalue weighted by Gasteiger charge is -2.10. The Labute approximate surface area is 139 Å². The fourth-order valence-corrected chi connectivity index (χ4v) is 2.38. The summed E-state index contributed by atoms with van der Waals surface area (Å²) >= 11 is 3.45. The van der Waals surface area contributed by atoms with E-state index in [9.17, 15) is 4.79 Å². The Morgan fingerprint density at radius 1 is 1.18 bits per heavy atom. The Morgan fingerprint density at radius 3 is 2.68 bits per heavy atom. The predicted octanol–water partition coefficient (Wildman–Crippen LogP) is 4.18. The first-order valence-electron chi connectivity index (χ1n) is 7.12. The number of benzene rings is 2. The molecule has 3 nitrogen and oxygen atoms in total. The van der Waals surface area contributed by atoms with Crippen LogP contribution in [-0.2, 0) is 11.3 Å². The van der Waals surface area contributed by atoms with E-state index in [2.05, 4.69) is 21.2 Å². The van der Waals surface area contributed by atoms with Crippen LogP contribution in [0.4, 0.5) is 0 Å². The molecular weight excluding hydrogens is 342 g/mol. The number of hydrogen-bond acceptors (Lipinski definition) is 2. The topological polar surface area (TPSA) is 38.3 Å². The number of amides is 1. The van der Waals surface area contributed by atoms with E-state index < -0.39 is 0 Å². The number of carbonyl (C=O) groups excluding carboxylic acids is 1. The van der Waals surface area contributed by atoms with Gasteiger partial charge in [-0.25, -0.2) is 0 Å². The van der Waals surface area contributed by atoms with Crippen molar-refractivity contribution in [2.75, 3.05) is 6.61 Å². The predicted molar refractivity (Wildman–Crippen MR) is 92.6 cm³/mol. The molecule has 0 heterocycles. The summed E-state index contributed by atoms with van der Waals surface area (Å²) in [6.45, 7) is 2.98. The first-order chi connectivity index (χ1) is 10.7. The number of para-hydroxylation sites is 1. The number of ether oxygens (including phenoxy) is 1. The highest BCUT2D eigenvalue weighted by molar-refractivity contribution is 9.10. The van der Waals surface area contributed by atoms with Crippen molar-refractivity contribution in [2.45, 2.75) is 13.5 Å². The van der Waals surface area contributed by atoms with Crippen molar-refractivity contribution >= 4 is 27.9 Å². The second-order valence-corrected chi connectivity index (χ2v) is 5.47. The molecule has 2 aromatic carbocycles. The molecule has 0 aliphatic carbocycles. The van der Waals surface area contributed by atoms with E-state index in [1.807, 2.05) is 55.5 Å². The van der Waals surface area contributed by atoms with Gasteiger partial charge in [-0.1, -0.05) is 52.3 Å². The van der Waals surface area contributed by atoms with Crippen LogP contribution in [0.5, 0.6) is 5.75 Å². The Bertz CT molecular complexity index is 668. The summed E-state index contributed by atoms with van der Waals surface area (Å²) in [5.41, 5.74) is 1.93. The third-order valence-electron chi connectivity index (χ3n) is 3.05. The van der Waals surface area contributed by atoms with Crippen LogP contribution in [-0.4, -0.2) is 12.5 Å². The number of hydrogen-bond donors (Lipinski definition) is 1. The van der Waals surface area contributed by atoms with Gasteiger partial charge in [0.05, 0.1) is 6.61 Å². The molecule has 0 atom stereocenters. The zero-order valence-corrected chi connectivity index (χ0v) is 14.0. The van der Waals surface area contributed by atoms with E-state index in [0.29, 0.717) is 13.2 Å². The van der Waals surface area contributed by atoms with Crippen LogP contribution in [0.3, 0.4) is 0 Å². The number of halogens is 1. The quantitative estimate of drug-likeness (QED) is 0.785. The molecule has 0 unspecified atom stereocenters. The zero-order valence-electron chi connectivity index (χ0n) is 12.4. The number of carbonyl (C=O) groups is 1. The Kier molecular flexibility index (Phi) is 6.22. The number of nitrogens with one attached hydrogen (secondary N) is 1. The molecule has 0 aliphatic heterocycles. The fraction of sp³-hybridized carbons (Fsp3) is 0.167. The third kappa shape index (κ3) is 4.74. The summed E-state index contributed by atoms with van der Waals surface area (Å²) in [4.78, 5) is 11.9. The number of rotatable bonds is 6. The van der Waals surface area contributed by atoms with Crippen molar-refractivity contribution < 1.29 is 9.53 Å². The molecule has 0 radical (unpaired) electrons. The molecule has 114 valence electrons. The first kappa shape index (κ1) is 16.3. The second kappa shape index (κ2) is 8.39. The third-order valence-corrected chi connectivity index (χ3v) is 3.77. The van der Waals surface area contributed by atoms with E-state index in [0.717, 1.165) is 21.3 Å². The lowest BCUT2D eigenvalue weighted by molar-refractivity contribution is -0.116. The summed E-state index contributed by atoms with van der Waals surface area (Å²) in [7, 11) is 0. The minimum Gasteiger partial charge on any atom is -0.494 e. The van der Waals surface area contributed by atoms with Crippen molar-refractivity contribution in [1.29, 1.82) is 0 Å². The van der Waals surface area contributed by atoms with Gasteiger partial charge in [0, 0.05) is 22.7 Å². The van der Waals surface area contributed by atoms with Gasteiger partial charge >= 0.3 is 0 Å². The molecule has 0 saturated carbocycles. The highest BCUT2D eigenvalue weighted by Crippen LogP contribution is 2.18. The van der Waals surface area contributed by atoms with Crippen molar-refractivity contribution in [3.05, 3.63) is 70.2 Å². The Balaban J connectivity index is 1.95. The van der Waals surface area contributed by atoms with Gasteiger partial charge < -0.3 is 10.1 Å². The molecular formula is C18H18BrNO2. The summed E-state index contributed by atoms with van der Waals surface area (Å²) in [6, 6.07) is 15.5. The molecule has 0 bridgehead atoms. The lowest BCUT2D eigenvalue weighted by atomic mass is 10.2. The largest absolute Gasteiger partial charge is 0.494 e. The minimum absolute atomic E-state index is 0.137. The molecule has 0 fully saturated rings. The molecule has 0 saturated heterocycles. The smallest absolute Gasteiger partial charge is 0.244 e. The second-order valence-electron chi connectivity index (χ2n) is 4.61. The van der Waals surface area contributed by atoms with Crippen molar-refractivity contribution in [1.82, 2.24) is 5.32 Å². The van der Waals surface area contributed by atoms with Crippen LogP contribution in [0.25, 0.3) is 6.08 Å². The van der Waals surface area contributed by atoms with E-state index in [1.54, 1.807) is 6.08 Å². The van der Waals surface area contributed by atoms with Crippen LogP contribution in [0.15, 0.2) is 59.1 Å². The van der Waals surface area contributed by atoms with Gasteiger partial charge in [-0.2, -0.15) is 0 Å². The zero-order chi connectivity index (χ0) is 15.8. The van der Waals surface area contributed by atoms with Crippen LogP contribution in [0.1, 0.15) is 18.1 Å². The lowest BCUT2D eigenvalue weighted by Crippen LogP contribution is -2.20. The monoisotopic (exact) mass is 359 g/mol. The molecule has 4 heteroatoms. The first-order valence-corrected chi connectivity index (χ1v) is 7.91. The van der Waals surface area contributed by atoms with E-state index >= 15 is 0 Å². The molecule has 1 N–H and O–H groups in total. The summed E-state index contributed by atoms with van der Waals surface area (Å²) in [6.07, 6.45) is 3.32. The van der Waals surface area contributed by atoms with Crippen molar-refractivity contribution in [3.8, 4) is 5.75 Å². The van der Waals surface area contributed by atoms with Crippen LogP contribution in [0, 0.1) is 0 Å². The SMILES string of the molecule is CCOc1ccccc1CNC(=O)C=Cc1ccccc1Br. The van der Waals surface area contributed by atoms with E-state index in [-0.39, 0.29) is 5.91 Å².